The maximum atomic E-state index is 10.5. The molecule has 3 aromatic rings. The number of non-ortho nitro benzene ring substituents is 1. The van der Waals surface area contributed by atoms with Crippen molar-refractivity contribution in [1.82, 2.24) is 9.97 Å². The molecule has 18 heavy (non-hydrogen) atoms. The van der Waals surface area contributed by atoms with Gasteiger partial charge in [-0.1, -0.05) is 0 Å². The van der Waals surface area contributed by atoms with E-state index in [4.69, 9.17) is 4.42 Å². The highest BCUT2D eigenvalue weighted by atomic mass is 16.6. The standard InChI is InChI=1S/C12H7N3O3/c16-15(17)9-5-3-8(4-6-9)12-14-11-10(18-12)2-1-7-13-11/h1-7H. The maximum Gasteiger partial charge on any atom is 0.269 e. The molecule has 0 saturated carbocycles. The van der Waals surface area contributed by atoms with Crippen LogP contribution in [0.5, 0.6) is 0 Å². The van der Waals surface area contributed by atoms with Crippen LogP contribution in [-0.2, 0) is 0 Å². The zero-order chi connectivity index (χ0) is 12.5. The Bertz CT molecular complexity index is 686. The summed E-state index contributed by atoms with van der Waals surface area (Å²) in [6, 6.07) is 9.55. The highest BCUT2D eigenvalue weighted by Crippen LogP contribution is 2.24. The third-order valence-electron chi connectivity index (χ3n) is 2.49. The van der Waals surface area contributed by atoms with Crippen molar-refractivity contribution < 1.29 is 9.34 Å². The van der Waals surface area contributed by atoms with Crippen LogP contribution in [0.3, 0.4) is 0 Å². The fourth-order valence-electron chi connectivity index (χ4n) is 1.62. The predicted octanol–water partition coefficient (Wildman–Crippen LogP) is 2.80. The van der Waals surface area contributed by atoms with E-state index < -0.39 is 4.92 Å². The van der Waals surface area contributed by atoms with Gasteiger partial charge in [0.25, 0.3) is 5.69 Å². The van der Waals surface area contributed by atoms with Crippen molar-refractivity contribution in [3.8, 4) is 11.5 Å². The Morgan fingerprint density at radius 3 is 2.61 bits per heavy atom. The summed E-state index contributed by atoms with van der Waals surface area (Å²) in [4.78, 5) is 18.4. The molecular formula is C12H7N3O3. The summed E-state index contributed by atoms with van der Waals surface area (Å²) in [5, 5.41) is 10.5. The van der Waals surface area contributed by atoms with Gasteiger partial charge in [0.05, 0.1) is 4.92 Å². The first-order valence-corrected chi connectivity index (χ1v) is 5.20. The van der Waals surface area contributed by atoms with Gasteiger partial charge in [0, 0.05) is 23.9 Å². The largest absolute Gasteiger partial charge is 0.434 e. The lowest BCUT2D eigenvalue weighted by Crippen LogP contribution is -1.87. The first kappa shape index (κ1) is 10.4. The van der Waals surface area contributed by atoms with Gasteiger partial charge >= 0.3 is 0 Å². The van der Waals surface area contributed by atoms with Gasteiger partial charge in [0.15, 0.2) is 11.2 Å². The van der Waals surface area contributed by atoms with Crippen molar-refractivity contribution in [3.63, 3.8) is 0 Å². The van der Waals surface area contributed by atoms with Crippen LogP contribution in [0.1, 0.15) is 0 Å². The number of hydrogen-bond donors (Lipinski definition) is 0. The number of fused-ring (bicyclic) bond motifs is 1. The van der Waals surface area contributed by atoms with E-state index in [1.807, 2.05) is 0 Å². The predicted molar refractivity (Wildman–Crippen MR) is 63.9 cm³/mol. The minimum Gasteiger partial charge on any atom is -0.434 e. The summed E-state index contributed by atoms with van der Waals surface area (Å²) in [7, 11) is 0. The molecule has 88 valence electrons. The van der Waals surface area contributed by atoms with E-state index in [2.05, 4.69) is 9.97 Å². The summed E-state index contributed by atoms with van der Waals surface area (Å²) in [5.74, 6) is 0.401. The summed E-state index contributed by atoms with van der Waals surface area (Å²) >= 11 is 0. The van der Waals surface area contributed by atoms with Crippen LogP contribution in [-0.4, -0.2) is 14.9 Å². The second kappa shape index (κ2) is 3.92. The van der Waals surface area contributed by atoms with E-state index >= 15 is 0 Å². The summed E-state index contributed by atoms with van der Waals surface area (Å²) in [5.41, 5.74) is 1.82. The van der Waals surface area contributed by atoms with E-state index in [9.17, 15) is 10.1 Å². The van der Waals surface area contributed by atoms with Gasteiger partial charge in [-0.2, -0.15) is 4.98 Å². The molecule has 2 heterocycles. The van der Waals surface area contributed by atoms with Gasteiger partial charge in [-0.05, 0) is 24.3 Å². The summed E-state index contributed by atoms with van der Waals surface area (Å²) in [6.07, 6.45) is 1.63. The van der Waals surface area contributed by atoms with Crippen molar-refractivity contribution in [2.45, 2.75) is 0 Å². The Balaban J connectivity index is 2.06. The Hall–Kier alpha value is -2.76. The number of nitro groups is 1. The fourth-order valence-corrected chi connectivity index (χ4v) is 1.62. The lowest BCUT2D eigenvalue weighted by molar-refractivity contribution is -0.384. The average Bonchev–Trinajstić information content (AvgIpc) is 2.82. The van der Waals surface area contributed by atoms with E-state index in [-0.39, 0.29) is 5.69 Å². The minimum atomic E-state index is -0.447. The number of nitro benzene ring substituents is 1. The highest BCUT2D eigenvalue weighted by molar-refractivity contribution is 5.72. The Labute approximate surface area is 101 Å². The highest BCUT2D eigenvalue weighted by Gasteiger charge is 2.10. The molecular weight excluding hydrogens is 234 g/mol. The lowest BCUT2D eigenvalue weighted by Gasteiger charge is -1.94. The molecule has 0 atom stereocenters. The molecule has 0 spiro atoms. The van der Waals surface area contributed by atoms with Gasteiger partial charge < -0.3 is 4.42 Å². The quantitative estimate of drug-likeness (QED) is 0.509. The number of hydrogen-bond acceptors (Lipinski definition) is 5. The smallest absolute Gasteiger partial charge is 0.269 e. The minimum absolute atomic E-state index is 0.0352. The van der Waals surface area contributed by atoms with E-state index in [0.29, 0.717) is 22.7 Å². The van der Waals surface area contributed by atoms with Crippen molar-refractivity contribution in [2.24, 2.45) is 0 Å². The molecule has 0 N–H and O–H groups in total. The van der Waals surface area contributed by atoms with Gasteiger partial charge in [0.2, 0.25) is 5.89 Å². The lowest BCUT2D eigenvalue weighted by atomic mass is 10.2. The summed E-state index contributed by atoms with van der Waals surface area (Å²) < 4.78 is 5.51. The summed E-state index contributed by atoms with van der Waals surface area (Å²) in [6.45, 7) is 0. The molecule has 1 aromatic carbocycles. The number of benzene rings is 1. The normalized spacial score (nSPS) is 10.7. The average molecular weight is 241 g/mol. The van der Waals surface area contributed by atoms with Crippen LogP contribution in [0.2, 0.25) is 0 Å². The van der Waals surface area contributed by atoms with Crippen LogP contribution in [0.4, 0.5) is 5.69 Å². The molecule has 0 aliphatic rings. The Morgan fingerprint density at radius 1 is 1.17 bits per heavy atom. The van der Waals surface area contributed by atoms with Crippen molar-refractivity contribution in [2.75, 3.05) is 0 Å². The van der Waals surface area contributed by atoms with Crippen molar-refractivity contribution in [3.05, 3.63) is 52.7 Å². The van der Waals surface area contributed by atoms with Gasteiger partial charge in [-0.3, -0.25) is 10.1 Å². The second-order valence-electron chi connectivity index (χ2n) is 3.65. The van der Waals surface area contributed by atoms with Crippen LogP contribution in [0, 0.1) is 10.1 Å². The van der Waals surface area contributed by atoms with Crippen LogP contribution < -0.4 is 0 Å². The van der Waals surface area contributed by atoms with Gasteiger partial charge in [0.1, 0.15) is 0 Å². The fraction of sp³-hybridized carbons (Fsp3) is 0. The van der Waals surface area contributed by atoms with Crippen molar-refractivity contribution in [1.29, 1.82) is 0 Å². The van der Waals surface area contributed by atoms with Crippen LogP contribution >= 0.6 is 0 Å². The first-order chi connectivity index (χ1) is 8.74. The van der Waals surface area contributed by atoms with Gasteiger partial charge in [-0.15, -0.1) is 0 Å². The molecule has 2 aromatic heterocycles. The Kier molecular flexibility index (Phi) is 2.26. The third-order valence-corrected chi connectivity index (χ3v) is 2.49. The molecule has 6 heteroatoms. The van der Waals surface area contributed by atoms with Crippen LogP contribution in [0.25, 0.3) is 22.7 Å². The Morgan fingerprint density at radius 2 is 1.94 bits per heavy atom. The zero-order valence-electron chi connectivity index (χ0n) is 9.11. The molecule has 0 unspecified atom stereocenters. The number of rotatable bonds is 2. The van der Waals surface area contributed by atoms with Crippen LogP contribution in [0.15, 0.2) is 47.0 Å². The molecule has 6 nitrogen and oxygen atoms in total. The first-order valence-electron chi connectivity index (χ1n) is 5.20. The molecule has 0 saturated heterocycles. The van der Waals surface area contributed by atoms with E-state index in [1.165, 1.54) is 12.1 Å². The van der Waals surface area contributed by atoms with Gasteiger partial charge in [-0.25, -0.2) is 4.98 Å². The molecule has 3 rings (SSSR count). The molecule has 0 fully saturated rings. The second-order valence-corrected chi connectivity index (χ2v) is 3.65. The molecule has 0 amide bonds. The molecule has 0 radical (unpaired) electrons. The number of pyridine rings is 1. The monoisotopic (exact) mass is 241 g/mol. The third kappa shape index (κ3) is 1.69. The SMILES string of the molecule is O=[N+]([O-])c1ccc(-c2nc3ncccc3o2)cc1. The number of aromatic nitrogens is 2. The molecule has 0 aliphatic carbocycles. The maximum absolute atomic E-state index is 10.5. The molecule has 0 aliphatic heterocycles. The van der Waals surface area contributed by atoms with E-state index in [1.54, 1.807) is 30.5 Å². The van der Waals surface area contributed by atoms with E-state index in [0.717, 1.165) is 0 Å². The molecule has 0 bridgehead atoms. The zero-order valence-corrected chi connectivity index (χ0v) is 9.11. The topological polar surface area (TPSA) is 82.1 Å². The number of nitrogens with zero attached hydrogens (tertiary/aromatic N) is 3. The van der Waals surface area contributed by atoms with Crippen molar-refractivity contribution >= 4 is 16.9 Å². The number of oxazole rings is 1.